The molecule has 0 atom stereocenters. The molecule has 0 bridgehead atoms. The molecule has 13 nitrogen and oxygen atoms in total. The number of carbonyl (C=O) groups is 3. The third-order valence-corrected chi connectivity index (χ3v) is 13.7. The molecule has 2 fully saturated rings. The second kappa shape index (κ2) is 19.2. The summed E-state index contributed by atoms with van der Waals surface area (Å²) < 4.78 is 29.4. The number of amides is 3. The average Bonchev–Trinajstić information content (AvgIpc) is 3.99. The third kappa shape index (κ3) is 9.19. The maximum atomic E-state index is 13.4. The van der Waals surface area contributed by atoms with Crippen LogP contribution in [0.2, 0.25) is 0 Å². The van der Waals surface area contributed by atoms with Crippen LogP contribution in [0.15, 0.2) is 109 Å². The molecule has 3 N–H and O–H groups in total. The number of rotatable bonds is 9. The molecule has 2 aromatic heterocycles. The SMILES string of the molecule is CC(=O)NCc1ccc2n1-c1ccccc1OC21CCN(C(=O)c2ccc(OC(C)C)c(C)c2)CC1.Cc1cc(C(=O)N2CCC3(CC2)Oc2ccccc2-n2c(CN)ccc23)ccc1OC(C)C. The quantitative estimate of drug-likeness (QED) is 0.146. The minimum Gasteiger partial charge on any atom is -0.491 e. The van der Waals surface area contributed by atoms with Gasteiger partial charge in [-0.1, -0.05) is 24.3 Å². The first-order chi connectivity index (χ1) is 33.2. The normalized spacial score (nSPS) is 16.0. The minimum absolute atomic E-state index is 0.0296. The summed E-state index contributed by atoms with van der Waals surface area (Å²) in [4.78, 5) is 42.0. The number of hydrogen-bond donors (Lipinski definition) is 2. The van der Waals surface area contributed by atoms with Crippen LogP contribution < -0.4 is 30.0 Å². The number of nitrogens with two attached hydrogens (primary N) is 1. The van der Waals surface area contributed by atoms with Crippen molar-refractivity contribution in [1.82, 2.24) is 24.3 Å². The molecule has 0 radical (unpaired) electrons. The second-order valence-corrected chi connectivity index (χ2v) is 19.2. The zero-order valence-electron chi connectivity index (χ0n) is 40.8. The number of nitrogens with one attached hydrogen (secondary N) is 1. The Bertz CT molecular complexity index is 2880. The third-order valence-electron chi connectivity index (χ3n) is 13.7. The van der Waals surface area contributed by atoms with Crippen molar-refractivity contribution in [3.8, 4) is 34.4 Å². The summed E-state index contributed by atoms with van der Waals surface area (Å²) >= 11 is 0. The number of piperidine rings is 2. The van der Waals surface area contributed by atoms with Crippen LogP contribution in [0.3, 0.4) is 0 Å². The first-order valence-electron chi connectivity index (χ1n) is 24.3. The molecule has 69 heavy (non-hydrogen) atoms. The van der Waals surface area contributed by atoms with Crippen LogP contribution >= 0.6 is 0 Å². The fourth-order valence-corrected chi connectivity index (χ4v) is 10.3. The summed E-state index contributed by atoms with van der Waals surface area (Å²) in [6, 6.07) is 35.8. The van der Waals surface area contributed by atoms with Gasteiger partial charge in [0.2, 0.25) is 5.91 Å². The van der Waals surface area contributed by atoms with Gasteiger partial charge in [-0.3, -0.25) is 14.4 Å². The maximum absolute atomic E-state index is 13.4. The van der Waals surface area contributed by atoms with Crippen molar-refractivity contribution in [3.63, 3.8) is 0 Å². The Morgan fingerprint density at radius 1 is 0.609 bits per heavy atom. The Morgan fingerprint density at radius 3 is 1.43 bits per heavy atom. The van der Waals surface area contributed by atoms with Gasteiger partial charge in [0.1, 0.15) is 23.0 Å². The van der Waals surface area contributed by atoms with Crippen LogP contribution in [0.5, 0.6) is 23.0 Å². The molecule has 10 rings (SSSR count). The smallest absolute Gasteiger partial charge is 0.253 e. The molecule has 6 heterocycles. The van der Waals surface area contributed by atoms with Gasteiger partial charge in [0.25, 0.3) is 11.8 Å². The highest BCUT2D eigenvalue weighted by molar-refractivity contribution is 5.95. The van der Waals surface area contributed by atoms with Gasteiger partial charge in [0, 0.05) is 87.8 Å². The Balaban J connectivity index is 0.000000172. The Kier molecular flexibility index (Phi) is 13.1. The van der Waals surface area contributed by atoms with E-state index in [4.69, 9.17) is 24.7 Å². The fourth-order valence-electron chi connectivity index (χ4n) is 10.3. The van der Waals surface area contributed by atoms with Crippen molar-refractivity contribution in [2.75, 3.05) is 26.2 Å². The lowest BCUT2D eigenvalue weighted by molar-refractivity contribution is -0.119. The Morgan fingerprint density at radius 2 is 1.03 bits per heavy atom. The topological polar surface area (TPSA) is 143 Å². The number of hydrogen-bond acceptors (Lipinski definition) is 8. The Labute approximate surface area is 405 Å². The largest absolute Gasteiger partial charge is 0.491 e. The van der Waals surface area contributed by atoms with Crippen molar-refractivity contribution in [2.24, 2.45) is 5.73 Å². The van der Waals surface area contributed by atoms with Crippen LogP contribution in [-0.4, -0.2) is 75.0 Å². The molecular formula is C56H64N6O7. The molecule has 4 aromatic carbocycles. The minimum atomic E-state index is -0.523. The summed E-state index contributed by atoms with van der Waals surface area (Å²) in [5, 5.41) is 2.92. The van der Waals surface area contributed by atoms with E-state index in [1.165, 1.54) is 6.92 Å². The fraction of sp³-hybridized carbons (Fsp3) is 0.375. The number of benzene rings is 4. The first kappa shape index (κ1) is 47.1. The number of likely N-dealkylation sites (tertiary alicyclic amines) is 2. The van der Waals surface area contributed by atoms with Gasteiger partial charge in [-0.2, -0.15) is 0 Å². The van der Waals surface area contributed by atoms with Crippen LogP contribution in [0.4, 0.5) is 0 Å². The van der Waals surface area contributed by atoms with Crippen molar-refractivity contribution < 1.29 is 33.3 Å². The highest BCUT2D eigenvalue weighted by atomic mass is 16.5. The van der Waals surface area contributed by atoms with E-state index in [-0.39, 0.29) is 29.9 Å². The van der Waals surface area contributed by atoms with Crippen molar-refractivity contribution >= 4 is 17.7 Å². The molecule has 0 unspecified atom stereocenters. The number of aryl methyl sites for hydroxylation is 2. The number of aromatic nitrogens is 2. The first-order valence-corrected chi connectivity index (χ1v) is 24.3. The molecular weight excluding hydrogens is 869 g/mol. The standard InChI is InChI=1S/C29H33N3O4.C27H31N3O3/c1-19(2)35-25-11-9-22(17-20(25)3)28(34)31-15-13-29(14-16-31)27-12-10-23(18-30-21(4)33)32(27)24-7-5-6-8-26(24)36-29;1-18(2)32-23-10-8-20(16-19(23)3)26(31)29-14-12-27(13-15-29)25-11-9-21(17-28)30(25)22-6-4-5-7-24(22)33-27/h5-12,17,19H,13-16,18H2,1-4H3,(H,30,33);4-11,16,18H,12-15,17,28H2,1-3H3. The van der Waals surface area contributed by atoms with Gasteiger partial charge in [-0.15, -0.1) is 0 Å². The molecule has 360 valence electrons. The lowest BCUT2D eigenvalue weighted by Gasteiger charge is -2.45. The van der Waals surface area contributed by atoms with E-state index < -0.39 is 11.2 Å². The predicted octanol–water partition coefficient (Wildman–Crippen LogP) is 9.29. The van der Waals surface area contributed by atoms with Gasteiger partial charge in [-0.05, 0) is 138 Å². The Hall–Kier alpha value is -6.99. The molecule has 6 aromatic rings. The number of nitrogens with zero attached hydrogens (tertiary/aromatic N) is 4. The van der Waals surface area contributed by atoms with Gasteiger partial charge in [0.15, 0.2) is 11.2 Å². The molecule has 2 spiro atoms. The lowest BCUT2D eigenvalue weighted by Crippen LogP contribution is -2.50. The highest BCUT2D eigenvalue weighted by Gasteiger charge is 2.47. The van der Waals surface area contributed by atoms with E-state index in [0.29, 0.717) is 63.2 Å². The monoisotopic (exact) mass is 932 g/mol. The van der Waals surface area contributed by atoms with E-state index in [0.717, 1.165) is 81.1 Å². The number of para-hydroxylation sites is 4. The van der Waals surface area contributed by atoms with E-state index in [9.17, 15) is 14.4 Å². The molecule has 0 aliphatic carbocycles. The molecule has 2 saturated heterocycles. The van der Waals surface area contributed by atoms with Crippen molar-refractivity contribution in [2.45, 2.75) is 111 Å². The van der Waals surface area contributed by atoms with E-state index in [2.05, 4.69) is 44.8 Å². The molecule has 13 heteroatoms. The number of fused-ring (bicyclic) bond motifs is 8. The lowest BCUT2D eigenvalue weighted by atomic mass is 9.86. The van der Waals surface area contributed by atoms with E-state index >= 15 is 0 Å². The molecule has 3 amide bonds. The summed E-state index contributed by atoms with van der Waals surface area (Å²) in [6.45, 7) is 16.8. The predicted molar refractivity (Wildman–Crippen MR) is 266 cm³/mol. The van der Waals surface area contributed by atoms with E-state index in [1.54, 1.807) is 0 Å². The van der Waals surface area contributed by atoms with Crippen molar-refractivity contribution in [1.29, 1.82) is 0 Å². The summed E-state index contributed by atoms with van der Waals surface area (Å²) in [7, 11) is 0. The zero-order chi connectivity index (χ0) is 48.6. The van der Waals surface area contributed by atoms with Crippen LogP contribution in [0.1, 0.15) is 115 Å². The van der Waals surface area contributed by atoms with Crippen LogP contribution in [0.25, 0.3) is 11.4 Å². The van der Waals surface area contributed by atoms with Gasteiger partial charge < -0.3 is 48.9 Å². The molecule has 0 saturated carbocycles. The molecule has 4 aliphatic heterocycles. The molecule has 4 aliphatic rings. The second-order valence-electron chi connectivity index (χ2n) is 19.2. The summed E-state index contributed by atoms with van der Waals surface area (Å²) in [5.41, 5.74) is 14.6. The van der Waals surface area contributed by atoms with Gasteiger partial charge in [-0.25, -0.2) is 0 Å². The highest BCUT2D eigenvalue weighted by Crippen LogP contribution is 2.48. The van der Waals surface area contributed by atoms with Gasteiger partial charge in [0.05, 0.1) is 41.5 Å². The average molecular weight is 933 g/mol. The van der Waals surface area contributed by atoms with Crippen LogP contribution in [-0.2, 0) is 29.1 Å². The zero-order valence-corrected chi connectivity index (χ0v) is 40.8. The summed E-state index contributed by atoms with van der Waals surface area (Å²) in [5.74, 6) is 3.34. The number of ether oxygens (including phenoxy) is 4. The summed E-state index contributed by atoms with van der Waals surface area (Å²) in [6.07, 6.45) is 3.02. The van der Waals surface area contributed by atoms with Crippen LogP contribution in [0, 0.1) is 13.8 Å². The maximum Gasteiger partial charge on any atom is 0.253 e. The number of carbonyl (C=O) groups excluding carboxylic acids is 3. The van der Waals surface area contributed by atoms with Gasteiger partial charge >= 0.3 is 0 Å². The van der Waals surface area contributed by atoms with Crippen molar-refractivity contribution in [3.05, 3.63) is 154 Å². The van der Waals surface area contributed by atoms with E-state index in [1.807, 2.05) is 130 Å².